The van der Waals surface area contributed by atoms with Crippen molar-refractivity contribution in [3.63, 3.8) is 0 Å². The van der Waals surface area contributed by atoms with E-state index in [1.807, 2.05) is 36.4 Å². The first-order chi connectivity index (χ1) is 20.1. The number of benzene rings is 1. The number of amides is 1. The molecular formula is C29H28Cl2N6O4S. The fourth-order valence-corrected chi connectivity index (χ4v) is 5.65. The predicted octanol–water partition coefficient (Wildman–Crippen LogP) is 5.03. The molecule has 0 bridgehead atoms. The molecule has 2 atom stereocenters. The van der Waals surface area contributed by atoms with E-state index in [2.05, 4.69) is 37.4 Å². The minimum absolute atomic E-state index is 0. The van der Waals surface area contributed by atoms with Crippen molar-refractivity contribution in [1.29, 1.82) is 0 Å². The monoisotopic (exact) mass is 626 g/mol. The number of nitrogens with zero attached hydrogens (tertiary/aromatic N) is 4. The third-order valence-electron chi connectivity index (χ3n) is 6.60. The highest BCUT2D eigenvalue weighted by atomic mass is 35.5. The van der Waals surface area contributed by atoms with Crippen LogP contribution < -0.4 is 15.4 Å². The SMILES string of the molecule is Cl.O=C(OC1CNC(C#Cc2cc3ncnc(Nc4ccc(OCc5ccccn5)c(Cl)c4)c3s2)C1)N1CCOCC1. The first-order valence-electron chi connectivity index (χ1n) is 13.2. The minimum atomic E-state index is -0.287. The van der Waals surface area contributed by atoms with Crippen LogP contribution in [0.1, 0.15) is 17.0 Å². The number of aromatic nitrogens is 3. The van der Waals surface area contributed by atoms with Crippen LogP contribution >= 0.6 is 35.3 Å². The van der Waals surface area contributed by atoms with Crippen LogP contribution in [-0.2, 0) is 16.1 Å². The summed E-state index contributed by atoms with van der Waals surface area (Å²) in [6, 6.07) is 13.1. The van der Waals surface area contributed by atoms with E-state index in [1.165, 1.54) is 17.7 Å². The summed E-state index contributed by atoms with van der Waals surface area (Å²) in [6.45, 7) is 3.13. The van der Waals surface area contributed by atoms with E-state index < -0.39 is 0 Å². The zero-order chi connectivity index (χ0) is 28.0. The number of hydrogen-bond donors (Lipinski definition) is 2. The highest BCUT2D eigenvalue weighted by Gasteiger charge is 2.28. The summed E-state index contributed by atoms with van der Waals surface area (Å²) in [5, 5.41) is 7.15. The minimum Gasteiger partial charge on any atom is -0.486 e. The van der Waals surface area contributed by atoms with Crippen molar-refractivity contribution in [2.75, 3.05) is 38.2 Å². The van der Waals surface area contributed by atoms with Gasteiger partial charge in [0.2, 0.25) is 0 Å². The van der Waals surface area contributed by atoms with Crippen LogP contribution in [-0.4, -0.2) is 70.9 Å². The molecule has 42 heavy (non-hydrogen) atoms. The second-order valence-electron chi connectivity index (χ2n) is 9.50. The summed E-state index contributed by atoms with van der Waals surface area (Å²) in [5.41, 5.74) is 2.39. The zero-order valence-electron chi connectivity index (χ0n) is 22.4. The van der Waals surface area contributed by atoms with Crippen molar-refractivity contribution < 1.29 is 19.0 Å². The number of ether oxygens (including phenoxy) is 3. The average molecular weight is 628 g/mol. The molecule has 13 heteroatoms. The molecule has 0 aliphatic carbocycles. The molecule has 2 aliphatic heterocycles. The quantitative estimate of drug-likeness (QED) is 0.284. The van der Waals surface area contributed by atoms with Gasteiger partial charge in [0.1, 0.15) is 24.8 Å². The average Bonchev–Trinajstić information content (AvgIpc) is 3.64. The van der Waals surface area contributed by atoms with Gasteiger partial charge in [-0.25, -0.2) is 14.8 Å². The Labute approximate surface area is 258 Å². The van der Waals surface area contributed by atoms with Crippen LogP contribution in [0.3, 0.4) is 0 Å². The molecule has 5 heterocycles. The molecule has 10 nitrogen and oxygen atoms in total. The molecule has 0 radical (unpaired) electrons. The van der Waals surface area contributed by atoms with E-state index >= 15 is 0 Å². The predicted molar refractivity (Wildman–Crippen MR) is 164 cm³/mol. The van der Waals surface area contributed by atoms with Gasteiger partial charge in [0.05, 0.1) is 45.1 Å². The Morgan fingerprint density at radius 1 is 1.19 bits per heavy atom. The fraction of sp³-hybridized carbons (Fsp3) is 0.310. The van der Waals surface area contributed by atoms with Crippen LogP contribution in [0.2, 0.25) is 5.02 Å². The van der Waals surface area contributed by atoms with E-state index in [-0.39, 0.29) is 30.6 Å². The molecule has 2 saturated heterocycles. The van der Waals surface area contributed by atoms with Gasteiger partial charge in [0.15, 0.2) is 5.82 Å². The van der Waals surface area contributed by atoms with Crippen LogP contribution in [0.5, 0.6) is 5.75 Å². The Hall–Kier alpha value is -3.66. The second-order valence-corrected chi connectivity index (χ2v) is 11.0. The van der Waals surface area contributed by atoms with Gasteiger partial charge in [0, 0.05) is 37.9 Å². The lowest BCUT2D eigenvalue weighted by molar-refractivity contribution is 0.0156. The largest absolute Gasteiger partial charge is 0.486 e. The van der Waals surface area contributed by atoms with Crippen molar-refractivity contribution in [3.8, 4) is 17.6 Å². The first kappa shape index (κ1) is 29.8. The van der Waals surface area contributed by atoms with Crippen LogP contribution in [0.4, 0.5) is 16.3 Å². The number of nitrogens with one attached hydrogen (secondary N) is 2. The van der Waals surface area contributed by atoms with Crippen LogP contribution in [0.25, 0.3) is 10.2 Å². The van der Waals surface area contributed by atoms with Gasteiger partial charge in [-0.2, -0.15) is 0 Å². The third-order valence-corrected chi connectivity index (χ3v) is 7.95. The van der Waals surface area contributed by atoms with E-state index in [4.69, 9.17) is 25.8 Å². The normalized spacial score (nSPS) is 18.1. The number of halogens is 2. The van der Waals surface area contributed by atoms with Gasteiger partial charge in [0.25, 0.3) is 0 Å². The maximum atomic E-state index is 12.4. The zero-order valence-corrected chi connectivity index (χ0v) is 24.8. The van der Waals surface area contributed by atoms with E-state index in [0.717, 1.165) is 26.5 Å². The lowest BCUT2D eigenvalue weighted by Gasteiger charge is -2.27. The second kappa shape index (κ2) is 14.0. The van der Waals surface area contributed by atoms with E-state index in [9.17, 15) is 4.79 Å². The third kappa shape index (κ3) is 7.40. The summed E-state index contributed by atoms with van der Waals surface area (Å²) in [6.07, 6.45) is 3.40. The molecule has 2 unspecified atom stereocenters. The molecule has 0 spiro atoms. The first-order valence-corrected chi connectivity index (χ1v) is 14.4. The van der Waals surface area contributed by atoms with E-state index in [0.29, 0.717) is 62.5 Å². The number of hydrogen-bond acceptors (Lipinski definition) is 10. The maximum Gasteiger partial charge on any atom is 0.410 e. The van der Waals surface area contributed by atoms with Crippen molar-refractivity contribution in [3.05, 3.63) is 70.6 Å². The summed E-state index contributed by atoms with van der Waals surface area (Å²) in [7, 11) is 0. The van der Waals surface area contributed by atoms with E-state index in [1.54, 1.807) is 17.2 Å². The number of thiophene rings is 1. The summed E-state index contributed by atoms with van der Waals surface area (Å²) >= 11 is 8.00. The van der Waals surface area contributed by atoms with Gasteiger partial charge in [-0.1, -0.05) is 29.5 Å². The number of rotatable bonds is 6. The fourth-order valence-electron chi connectivity index (χ4n) is 4.50. The molecule has 4 aromatic rings. The summed E-state index contributed by atoms with van der Waals surface area (Å²) < 4.78 is 17.7. The molecule has 2 aliphatic rings. The van der Waals surface area contributed by atoms with Gasteiger partial charge in [-0.05, 0) is 36.4 Å². The van der Waals surface area contributed by atoms with Gasteiger partial charge < -0.3 is 24.4 Å². The topological polar surface area (TPSA) is 111 Å². The molecular weight excluding hydrogens is 599 g/mol. The molecule has 1 amide bonds. The number of carbonyl (C=O) groups is 1. The number of anilines is 2. The molecule has 2 N–H and O–H groups in total. The highest BCUT2D eigenvalue weighted by Crippen LogP contribution is 2.33. The molecule has 6 rings (SSSR count). The van der Waals surface area contributed by atoms with Gasteiger partial charge >= 0.3 is 6.09 Å². The Morgan fingerprint density at radius 3 is 2.88 bits per heavy atom. The lowest BCUT2D eigenvalue weighted by Crippen LogP contribution is -2.42. The number of fused-ring (bicyclic) bond motifs is 1. The molecule has 2 fully saturated rings. The molecule has 1 aromatic carbocycles. The van der Waals surface area contributed by atoms with Crippen molar-refractivity contribution in [1.82, 2.24) is 25.2 Å². The number of carbonyl (C=O) groups excluding carboxylic acids is 1. The Bertz CT molecular complexity index is 1590. The molecule has 3 aromatic heterocycles. The summed E-state index contributed by atoms with van der Waals surface area (Å²) in [4.78, 5) is 28.0. The Morgan fingerprint density at radius 2 is 2.07 bits per heavy atom. The van der Waals surface area contributed by atoms with Crippen LogP contribution in [0.15, 0.2) is 55.0 Å². The summed E-state index contributed by atoms with van der Waals surface area (Å²) in [5.74, 6) is 7.76. The number of morpholine rings is 1. The number of pyridine rings is 1. The van der Waals surface area contributed by atoms with Crippen LogP contribution in [0, 0.1) is 11.8 Å². The standard InChI is InChI=1S/C29H27ClN6O4S.ClH/c30-24-14-20(5-7-26(24)39-17-21-3-1-2-8-31-21)35-28-27-25(33-18-34-28)15-23(41-27)6-4-19-13-22(16-32-19)40-29(37)36-9-11-38-12-10-36;/h1-3,5,7-8,14-15,18-19,22,32H,9-13,16-17H2,(H,33,34,35);1H. The maximum absolute atomic E-state index is 12.4. The van der Waals surface area contributed by atoms with Crippen molar-refractivity contribution >= 4 is 63.2 Å². The van der Waals surface area contributed by atoms with Crippen molar-refractivity contribution in [2.24, 2.45) is 0 Å². The van der Waals surface area contributed by atoms with Crippen molar-refractivity contribution in [2.45, 2.75) is 25.2 Å². The molecule has 0 saturated carbocycles. The Balaban J connectivity index is 0.00000353. The smallest absolute Gasteiger partial charge is 0.410 e. The van der Waals surface area contributed by atoms with Gasteiger partial charge in [-0.15, -0.1) is 23.7 Å². The highest BCUT2D eigenvalue weighted by molar-refractivity contribution is 7.20. The lowest BCUT2D eigenvalue weighted by atomic mass is 10.2. The molecule has 218 valence electrons. The van der Waals surface area contributed by atoms with Gasteiger partial charge in [-0.3, -0.25) is 10.3 Å². The Kier molecular flexibility index (Phi) is 9.94.